The number of rotatable bonds is 3. The number of halogens is 1. The first-order valence-electron chi connectivity index (χ1n) is 8.35. The van der Waals surface area contributed by atoms with E-state index in [9.17, 15) is 4.39 Å². The van der Waals surface area contributed by atoms with Gasteiger partial charge >= 0.3 is 7.12 Å². The maximum absolute atomic E-state index is 13.8. The van der Waals surface area contributed by atoms with Gasteiger partial charge in [-0.05, 0) is 56.3 Å². The summed E-state index contributed by atoms with van der Waals surface area (Å²) in [4.78, 5) is 2.38. The molecule has 0 radical (unpaired) electrons. The van der Waals surface area contributed by atoms with Crippen LogP contribution in [0, 0.1) is 11.2 Å². The molecule has 2 aliphatic heterocycles. The van der Waals surface area contributed by atoms with Crippen molar-refractivity contribution in [2.24, 2.45) is 5.41 Å². The van der Waals surface area contributed by atoms with E-state index in [-0.39, 0.29) is 5.82 Å². The van der Waals surface area contributed by atoms with Gasteiger partial charge < -0.3 is 9.31 Å². The summed E-state index contributed by atoms with van der Waals surface area (Å²) in [5.41, 5.74) is 1.44. The maximum atomic E-state index is 13.8. The molecule has 2 fully saturated rings. The minimum atomic E-state index is -0.514. The van der Waals surface area contributed by atoms with Gasteiger partial charge in [0.15, 0.2) is 0 Å². The van der Waals surface area contributed by atoms with Gasteiger partial charge in [-0.2, -0.15) is 0 Å². The molecule has 0 N–H and O–H groups in total. The number of benzene rings is 1. The molecule has 5 heteroatoms. The summed E-state index contributed by atoms with van der Waals surface area (Å²) in [6, 6.07) is 4.94. The second-order valence-electron chi connectivity index (χ2n) is 8.74. The molecule has 1 aromatic rings. The number of hydrogen-bond donors (Lipinski definition) is 0. The van der Waals surface area contributed by atoms with Crippen molar-refractivity contribution in [3.8, 4) is 0 Å². The van der Waals surface area contributed by atoms with Gasteiger partial charge in [0.25, 0.3) is 0 Å². The summed E-state index contributed by atoms with van der Waals surface area (Å²) in [6.45, 7) is 15.5. The van der Waals surface area contributed by atoms with Gasteiger partial charge in [0.2, 0.25) is 0 Å². The molecule has 0 aromatic heterocycles. The van der Waals surface area contributed by atoms with Crippen LogP contribution < -0.4 is 5.46 Å². The van der Waals surface area contributed by atoms with Crippen LogP contribution in [0.1, 0.15) is 47.1 Å². The number of likely N-dealkylation sites (tertiary alicyclic amines) is 1. The summed E-state index contributed by atoms with van der Waals surface area (Å²) >= 11 is 0. The molecule has 0 amide bonds. The molecule has 0 unspecified atom stereocenters. The van der Waals surface area contributed by atoms with Crippen molar-refractivity contribution in [3.05, 3.63) is 29.6 Å². The summed E-state index contributed by atoms with van der Waals surface area (Å²) in [5, 5.41) is 0. The zero-order valence-corrected chi connectivity index (χ0v) is 15.1. The lowest BCUT2D eigenvalue weighted by molar-refractivity contribution is 0.00578. The Morgan fingerprint density at radius 2 is 1.61 bits per heavy atom. The first-order valence-corrected chi connectivity index (χ1v) is 8.35. The topological polar surface area (TPSA) is 21.7 Å². The maximum Gasteiger partial charge on any atom is 0.495 e. The summed E-state index contributed by atoms with van der Waals surface area (Å²) < 4.78 is 26.0. The normalized spacial score (nSPS) is 25.4. The van der Waals surface area contributed by atoms with Crippen LogP contribution in [0.4, 0.5) is 4.39 Å². The lowest BCUT2D eigenvalue weighted by atomic mass is 9.75. The second kappa shape index (κ2) is 5.30. The van der Waals surface area contributed by atoms with E-state index in [0.717, 1.165) is 30.7 Å². The van der Waals surface area contributed by atoms with Gasteiger partial charge in [-0.1, -0.05) is 19.9 Å². The molecular formula is C18H27BFNO2. The highest BCUT2D eigenvalue weighted by atomic mass is 19.1. The first kappa shape index (κ1) is 16.9. The molecule has 0 atom stereocenters. The predicted molar refractivity (Wildman–Crippen MR) is 91.2 cm³/mol. The average molecular weight is 319 g/mol. The fraction of sp³-hybridized carbons (Fsp3) is 0.667. The highest BCUT2D eigenvalue weighted by molar-refractivity contribution is 6.62. The third-order valence-corrected chi connectivity index (χ3v) is 5.31. The highest BCUT2D eigenvalue weighted by Crippen LogP contribution is 2.37. The highest BCUT2D eigenvalue weighted by Gasteiger charge is 2.52. The van der Waals surface area contributed by atoms with Crippen LogP contribution in [0.3, 0.4) is 0 Å². The van der Waals surface area contributed by atoms with Crippen molar-refractivity contribution in [1.29, 1.82) is 0 Å². The van der Waals surface area contributed by atoms with Crippen LogP contribution in [0.2, 0.25) is 0 Å². The number of hydrogen-bond acceptors (Lipinski definition) is 3. The summed E-state index contributed by atoms with van der Waals surface area (Å²) in [5.74, 6) is -0.248. The van der Waals surface area contributed by atoms with Crippen molar-refractivity contribution >= 4 is 12.6 Å². The van der Waals surface area contributed by atoms with Crippen LogP contribution >= 0.6 is 0 Å². The molecule has 2 heterocycles. The molecular weight excluding hydrogens is 292 g/mol. The SMILES string of the molecule is CC1(C)CN(Cc2ccc(F)cc2B2OC(C)(C)C(C)(C)O2)C1. The van der Waals surface area contributed by atoms with Crippen LogP contribution in [-0.2, 0) is 15.9 Å². The Morgan fingerprint density at radius 1 is 1.04 bits per heavy atom. The molecule has 0 bridgehead atoms. The second-order valence-corrected chi connectivity index (χ2v) is 8.74. The zero-order valence-electron chi connectivity index (χ0n) is 15.1. The molecule has 126 valence electrons. The van der Waals surface area contributed by atoms with E-state index in [4.69, 9.17) is 9.31 Å². The van der Waals surface area contributed by atoms with E-state index in [1.54, 1.807) is 6.07 Å². The lowest BCUT2D eigenvalue weighted by Crippen LogP contribution is -2.53. The third-order valence-electron chi connectivity index (χ3n) is 5.31. The van der Waals surface area contributed by atoms with E-state index < -0.39 is 18.3 Å². The minimum absolute atomic E-state index is 0.248. The largest absolute Gasteiger partial charge is 0.495 e. The Balaban J connectivity index is 1.83. The Labute approximate surface area is 139 Å². The monoisotopic (exact) mass is 319 g/mol. The summed E-state index contributed by atoms with van der Waals surface area (Å²) in [7, 11) is -0.514. The van der Waals surface area contributed by atoms with Crippen LogP contribution in [0.15, 0.2) is 18.2 Å². The van der Waals surface area contributed by atoms with Crippen molar-refractivity contribution in [2.45, 2.75) is 59.3 Å². The molecule has 3 nitrogen and oxygen atoms in total. The number of nitrogens with zero attached hydrogens (tertiary/aromatic N) is 1. The Bertz CT molecular complexity index is 591. The standard InChI is InChI=1S/C18H27BFNO2/c1-16(2)11-21(12-16)10-13-7-8-14(20)9-15(13)19-22-17(3,4)18(5,6)23-19/h7-9H,10-12H2,1-6H3. The van der Waals surface area contributed by atoms with E-state index in [1.165, 1.54) is 6.07 Å². The van der Waals surface area contributed by atoms with E-state index in [2.05, 4.69) is 18.7 Å². The molecule has 0 spiro atoms. The van der Waals surface area contributed by atoms with Gasteiger partial charge in [-0.3, -0.25) is 4.90 Å². The van der Waals surface area contributed by atoms with E-state index in [0.29, 0.717) is 5.41 Å². The van der Waals surface area contributed by atoms with Gasteiger partial charge in [0.1, 0.15) is 5.82 Å². The summed E-state index contributed by atoms with van der Waals surface area (Å²) in [6.07, 6.45) is 0. The van der Waals surface area contributed by atoms with Crippen molar-refractivity contribution in [2.75, 3.05) is 13.1 Å². The van der Waals surface area contributed by atoms with E-state index in [1.807, 2.05) is 33.8 Å². The Hall–Kier alpha value is -0.905. The van der Waals surface area contributed by atoms with Gasteiger partial charge in [0.05, 0.1) is 11.2 Å². The smallest absolute Gasteiger partial charge is 0.399 e. The van der Waals surface area contributed by atoms with Crippen molar-refractivity contribution < 1.29 is 13.7 Å². The fourth-order valence-electron chi connectivity index (χ4n) is 3.42. The van der Waals surface area contributed by atoms with Gasteiger partial charge in [0, 0.05) is 19.6 Å². The molecule has 0 aliphatic carbocycles. The molecule has 2 saturated heterocycles. The molecule has 1 aromatic carbocycles. The van der Waals surface area contributed by atoms with Crippen molar-refractivity contribution in [3.63, 3.8) is 0 Å². The molecule has 2 aliphatic rings. The van der Waals surface area contributed by atoms with E-state index >= 15 is 0 Å². The quantitative estimate of drug-likeness (QED) is 0.800. The Kier molecular flexibility index (Phi) is 3.90. The van der Waals surface area contributed by atoms with Gasteiger partial charge in [-0.15, -0.1) is 0 Å². The average Bonchev–Trinajstić information content (AvgIpc) is 2.58. The van der Waals surface area contributed by atoms with Gasteiger partial charge in [-0.25, -0.2) is 4.39 Å². The van der Waals surface area contributed by atoms with Crippen molar-refractivity contribution in [1.82, 2.24) is 4.90 Å². The predicted octanol–water partition coefficient (Wildman–Crippen LogP) is 2.97. The minimum Gasteiger partial charge on any atom is -0.399 e. The Morgan fingerprint density at radius 3 is 2.13 bits per heavy atom. The molecule has 3 rings (SSSR count). The third kappa shape index (κ3) is 3.19. The van der Waals surface area contributed by atoms with Crippen LogP contribution in [0.5, 0.6) is 0 Å². The molecule has 0 saturated carbocycles. The first-order chi connectivity index (χ1) is 10.5. The van der Waals surface area contributed by atoms with Crippen LogP contribution in [0.25, 0.3) is 0 Å². The van der Waals surface area contributed by atoms with Crippen LogP contribution in [-0.4, -0.2) is 36.3 Å². The fourth-order valence-corrected chi connectivity index (χ4v) is 3.42. The lowest BCUT2D eigenvalue weighted by Gasteiger charge is -2.46. The zero-order chi connectivity index (χ0) is 17.0. The molecule has 23 heavy (non-hydrogen) atoms.